The molecule has 0 aromatic carbocycles. The van der Waals surface area contributed by atoms with Crippen LogP contribution < -0.4 is 0 Å². The van der Waals surface area contributed by atoms with Crippen molar-refractivity contribution in [2.45, 2.75) is 90.5 Å². The van der Waals surface area contributed by atoms with Crippen molar-refractivity contribution in [2.75, 3.05) is 13.1 Å². The molecular weight excluding hydrogens is 206 g/mol. The Morgan fingerprint density at radius 1 is 0.529 bits per heavy atom. The quantitative estimate of drug-likeness (QED) is 0.622. The SMILES string of the molecule is CC(C)N1CCCCCCCCCCCCC1. The summed E-state index contributed by atoms with van der Waals surface area (Å²) in [5, 5.41) is 0. The lowest BCUT2D eigenvalue weighted by Crippen LogP contribution is -2.32. The molecule has 1 aliphatic heterocycles. The molecule has 1 saturated heterocycles. The van der Waals surface area contributed by atoms with Gasteiger partial charge in [0, 0.05) is 6.04 Å². The minimum atomic E-state index is 0.739. The van der Waals surface area contributed by atoms with Gasteiger partial charge in [-0.1, -0.05) is 57.8 Å². The molecule has 1 fully saturated rings. The fraction of sp³-hybridized carbons (Fsp3) is 1.00. The number of hydrogen-bond donors (Lipinski definition) is 0. The van der Waals surface area contributed by atoms with Gasteiger partial charge in [0.05, 0.1) is 0 Å². The van der Waals surface area contributed by atoms with Gasteiger partial charge >= 0.3 is 0 Å². The van der Waals surface area contributed by atoms with Crippen LogP contribution in [-0.2, 0) is 0 Å². The molecule has 0 amide bonds. The Bertz CT molecular complexity index is 151. The van der Waals surface area contributed by atoms with Crippen LogP contribution in [0.1, 0.15) is 84.5 Å². The van der Waals surface area contributed by atoms with E-state index < -0.39 is 0 Å². The van der Waals surface area contributed by atoms with E-state index in [0.717, 1.165) is 6.04 Å². The molecule has 0 atom stereocenters. The third kappa shape index (κ3) is 7.81. The van der Waals surface area contributed by atoms with Crippen LogP contribution in [0.2, 0.25) is 0 Å². The second-order valence-corrected chi connectivity index (χ2v) is 6.02. The largest absolute Gasteiger partial charge is 0.301 e. The highest BCUT2D eigenvalue weighted by atomic mass is 15.1. The summed E-state index contributed by atoms with van der Waals surface area (Å²) in [5.74, 6) is 0. The molecule has 1 heteroatoms. The van der Waals surface area contributed by atoms with Crippen molar-refractivity contribution in [1.29, 1.82) is 0 Å². The molecular formula is C16H33N. The summed E-state index contributed by atoms with van der Waals surface area (Å²) in [6, 6.07) is 0.739. The summed E-state index contributed by atoms with van der Waals surface area (Å²) in [7, 11) is 0. The molecule has 0 aromatic rings. The van der Waals surface area contributed by atoms with Crippen LogP contribution in [0.3, 0.4) is 0 Å². The summed E-state index contributed by atoms with van der Waals surface area (Å²) in [6.45, 7) is 7.36. The summed E-state index contributed by atoms with van der Waals surface area (Å²) < 4.78 is 0. The molecule has 0 unspecified atom stereocenters. The fourth-order valence-corrected chi connectivity index (χ4v) is 2.85. The molecule has 0 radical (unpaired) electrons. The van der Waals surface area contributed by atoms with Gasteiger partial charge in [-0.05, 0) is 39.8 Å². The molecule has 0 spiro atoms. The van der Waals surface area contributed by atoms with E-state index in [-0.39, 0.29) is 0 Å². The highest BCUT2D eigenvalue weighted by Gasteiger charge is 2.08. The molecule has 0 bridgehead atoms. The van der Waals surface area contributed by atoms with Gasteiger partial charge in [-0.2, -0.15) is 0 Å². The maximum atomic E-state index is 2.69. The normalized spacial score (nSPS) is 23.5. The first-order chi connectivity index (χ1) is 8.30. The zero-order valence-electron chi connectivity index (χ0n) is 12.2. The van der Waals surface area contributed by atoms with Crippen LogP contribution in [-0.4, -0.2) is 24.0 Å². The Kier molecular flexibility index (Phi) is 8.78. The number of rotatable bonds is 1. The standard InChI is InChI=1S/C16H33N/c1-16(2)17-14-12-10-8-6-4-3-5-7-9-11-13-15-17/h16H,3-15H2,1-2H3. The Morgan fingerprint density at radius 3 is 1.12 bits per heavy atom. The Balaban J connectivity index is 2.24. The zero-order valence-corrected chi connectivity index (χ0v) is 12.2. The van der Waals surface area contributed by atoms with Crippen LogP contribution in [0, 0.1) is 0 Å². The summed E-state index contributed by atoms with van der Waals surface area (Å²) >= 11 is 0. The average Bonchev–Trinajstić information content (AvgIpc) is 2.31. The summed E-state index contributed by atoms with van der Waals surface area (Å²) in [4.78, 5) is 2.69. The zero-order chi connectivity index (χ0) is 12.3. The molecule has 0 aliphatic carbocycles. The van der Waals surface area contributed by atoms with Crippen LogP contribution in [0.5, 0.6) is 0 Å². The van der Waals surface area contributed by atoms with E-state index in [9.17, 15) is 0 Å². The van der Waals surface area contributed by atoms with Gasteiger partial charge in [-0.3, -0.25) is 0 Å². The molecule has 1 rings (SSSR count). The summed E-state index contributed by atoms with van der Waals surface area (Å²) in [6.07, 6.45) is 16.0. The predicted molar refractivity (Wildman–Crippen MR) is 77.5 cm³/mol. The highest BCUT2D eigenvalue weighted by Crippen LogP contribution is 2.14. The van der Waals surface area contributed by atoms with Crippen molar-refractivity contribution in [2.24, 2.45) is 0 Å². The average molecular weight is 239 g/mol. The molecule has 1 aliphatic rings. The van der Waals surface area contributed by atoms with Crippen molar-refractivity contribution >= 4 is 0 Å². The van der Waals surface area contributed by atoms with Gasteiger partial charge in [0.15, 0.2) is 0 Å². The van der Waals surface area contributed by atoms with E-state index in [1.54, 1.807) is 0 Å². The van der Waals surface area contributed by atoms with Crippen LogP contribution >= 0.6 is 0 Å². The van der Waals surface area contributed by atoms with Gasteiger partial charge < -0.3 is 4.90 Å². The van der Waals surface area contributed by atoms with E-state index in [1.165, 1.54) is 83.7 Å². The van der Waals surface area contributed by atoms with Crippen LogP contribution in [0.25, 0.3) is 0 Å². The topological polar surface area (TPSA) is 3.24 Å². The summed E-state index contributed by atoms with van der Waals surface area (Å²) in [5.41, 5.74) is 0. The van der Waals surface area contributed by atoms with E-state index in [0.29, 0.717) is 0 Å². The van der Waals surface area contributed by atoms with Gasteiger partial charge in [0.25, 0.3) is 0 Å². The third-order valence-corrected chi connectivity index (χ3v) is 4.12. The third-order valence-electron chi connectivity index (χ3n) is 4.12. The minimum Gasteiger partial charge on any atom is -0.301 e. The number of hydrogen-bond acceptors (Lipinski definition) is 1. The first-order valence-corrected chi connectivity index (χ1v) is 8.05. The van der Waals surface area contributed by atoms with Crippen molar-refractivity contribution in [1.82, 2.24) is 4.90 Å². The highest BCUT2D eigenvalue weighted by molar-refractivity contribution is 4.63. The lowest BCUT2D eigenvalue weighted by atomic mass is 10.0. The molecule has 0 aromatic heterocycles. The predicted octanol–water partition coefficient (Wildman–Crippen LogP) is 5.00. The smallest absolute Gasteiger partial charge is 0.00385 e. The minimum absolute atomic E-state index is 0.739. The lowest BCUT2D eigenvalue weighted by Gasteiger charge is -2.26. The Morgan fingerprint density at radius 2 is 0.824 bits per heavy atom. The molecule has 1 nitrogen and oxygen atoms in total. The fourth-order valence-electron chi connectivity index (χ4n) is 2.85. The van der Waals surface area contributed by atoms with Gasteiger partial charge in [0.2, 0.25) is 0 Å². The van der Waals surface area contributed by atoms with Gasteiger partial charge in [0.1, 0.15) is 0 Å². The number of nitrogens with zero attached hydrogens (tertiary/aromatic N) is 1. The van der Waals surface area contributed by atoms with Crippen LogP contribution in [0.4, 0.5) is 0 Å². The Hall–Kier alpha value is -0.0400. The van der Waals surface area contributed by atoms with E-state index in [4.69, 9.17) is 0 Å². The molecule has 1 heterocycles. The van der Waals surface area contributed by atoms with E-state index >= 15 is 0 Å². The first-order valence-electron chi connectivity index (χ1n) is 8.05. The van der Waals surface area contributed by atoms with Gasteiger partial charge in [-0.25, -0.2) is 0 Å². The maximum Gasteiger partial charge on any atom is 0.00385 e. The van der Waals surface area contributed by atoms with Crippen molar-refractivity contribution < 1.29 is 0 Å². The van der Waals surface area contributed by atoms with Crippen molar-refractivity contribution in [3.05, 3.63) is 0 Å². The molecule has 102 valence electrons. The van der Waals surface area contributed by atoms with E-state index in [2.05, 4.69) is 18.7 Å². The molecule has 0 saturated carbocycles. The van der Waals surface area contributed by atoms with Crippen molar-refractivity contribution in [3.8, 4) is 0 Å². The van der Waals surface area contributed by atoms with Crippen LogP contribution in [0.15, 0.2) is 0 Å². The Labute approximate surface area is 109 Å². The molecule has 17 heavy (non-hydrogen) atoms. The second-order valence-electron chi connectivity index (χ2n) is 6.02. The van der Waals surface area contributed by atoms with E-state index in [1.807, 2.05) is 0 Å². The maximum absolute atomic E-state index is 2.69. The first kappa shape index (κ1) is 15.0. The van der Waals surface area contributed by atoms with Crippen molar-refractivity contribution in [3.63, 3.8) is 0 Å². The monoisotopic (exact) mass is 239 g/mol. The molecule has 0 N–H and O–H groups in total. The van der Waals surface area contributed by atoms with Gasteiger partial charge in [-0.15, -0.1) is 0 Å². The lowest BCUT2D eigenvalue weighted by molar-refractivity contribution is 0.211. The second kappa shape index (κ2) is 9.94.